The lowest BCUT2D eigenvalue weighted by Gasteiger charge is -2.23. The van der Waals surface area contributed by atoms with E-state index in [1.165, 1.54) is 30.7 Å². The van der Waals surface area contributed by atoms with Crippen LogP contribution in [0.4, 0.5) is 18.9 Å². The van der Waals surface area contributed by atoms with Gasteiger partial charge in [0.2, 0.25) is 5.91 Å². The Balaban J connectivity index is 1.54. The highest BCUT2D eigenvalue weighted by Gasteiger charge is 2.30. The fourth-order valence-electron chi connectivity index (χ4n) is 4.57. The second kappa shape index (κ2) is 12.5. The molecule has 0 unspecified atom stereocenters. The lowest BCUT2D eigenvalue weighted by molar-refractivity contribution is -0.137. The zero-order chi connectivity index (χ0) is 28.0. The molecule has 0 bridgehead atoms. The van der Waals surface area contributed by atoms with Crippen molar-refractivity contribution in [3.05, 3.63) is 76.1 Å². The molecular weight excluding hydrogens is 531 g/mol. The topological polar surface area (TPSA) is 101 Å². The average molecular weight is 562 g/mol. The lowest BCUT2D eigenvalue weighted by Crippen LogP contribution is -2.37. The van der Waals surface area contributed by atoms with Crippen LogP contribution < -0.4 is 26.4 Å². The molecular formula is C28H31ClF3N5O2. The van der Waals surface area contributed by atoms with Crippen LogP contribution in [0.5, 0.6) is 11.5 Å². The monoisotopic (exact) mass is 561 g/mol. The molecule has 11 heteroatoms. The molecule has 1 saturated carbocycles. The normalized spacial score (nSPS) is 17.2. The molecule has 7 nitrogen and oxygen atoms in total. The van der Waals surface area contributed by atoms with Crippen molar-refractivity contribution in [2.75, 3.05) is 13.6 Å². The minimum atomic E-state index is -4.49. The first kappa shape index (κ1) is 28.4. The predicted molar refractivity (Wildman–Crippen MR) is 146 cm³/mol. The highest BCUT2D eigenvalue weighted by Crippen LogP contribution is 2.36. The van der Waals surface area contributed by atoms with Crippen LogP contribution in [-0.4, -0.2) is 31.4 Å². The first-order valence-corrected chi connectivity index (χ1v) is 13.2. The van der Waals surface area contributed by atoms with Gasteiger partial charge in [-0.1, -0.05) is 36.9 Å². The van der Waals surface area contributed by atoms with E-state index in [1.54, 1.807) is 19.2 Å². The summed E-state index contributed by atoms with van der Waals surface area (Å²) in [5.74, 6) is 0.846. The minimum absolute atomic E-state index is 0.00000707. The van der Waals surface area contributed by atoms with Gasteiger partial charge >= 0.3 is 6.18 Å². The summed E-state index contributed by atoms with van der Waals surface area (Å²) in [6, 6.07) is 9.32. The highest BCUT2D eigenvalue weighted by molar-refractivity contribution is 6.32. The van der Waals surface area contributed by atoms with Crippen molar-refractivity contribution >= 4 is 29.0 Å². The Labute approximate surface area is 230 Å². The molecule has 4 rings (SSSR count). The van der Waals surface area contributed by atoms with Crippen LogP contribution in [0.1, 0.15) is 44.1 Å². The molecule has 208 valence electrons. The summed E-state index contributed by atoms with van der Waals surface area (Å²) in [4.78, 5) is 17.5. The minimum Gasteiger partial charge on any atom is -0.456 e. The Hall–Kier alpha value is -3.66. The zero-order valence-corrected chi connectivity index (χ0v) is 22.3. The van der Waals surface area contributed by atoms with Gasteiger partial charge in [0.15, 0.2) is 0 Å². The van der Waals surface area contributed by atoms with Gasteiger partial charge in [0.05, 0.1) is 21.8 Å². The van der Waals surface area contributed by atoms with Crippen LogP contribution in [0, 0.1) is 0 Å². The van der Waals surface area contributed by atoms with E-state index in [-0.39, 0.29) is 34.3 Å². The molecule has 0 spiro atoms. The fourth-order valence-corrected chi connectivity index (χ4v) is 4.78. The van der Waals surface area contributed by atoms with Crippen LogP contribution in [0.3, 0.4) is 0 Å². The van der Waals surface area contributed by atoms with E-state index < -0.39 is 11.7 Å². The first-order valence-electron chi connectivity index (χ1n) is 12.8. The molecule has 1 amide bonds. The van der Waals surface area contributed by atoms with Crippen molar-refractivity contribution < 1.29 is 22.7 Å². The van der Waals surface area contributed by atoms with Crippen LogP contribution >= 0.6 is 11.6 Å². The van der Waals surface area contributed by atoms with Gasteiger partial charge in [-0.15, -0.1) is 0 Å². The number of carbonyl (C=O) groups excluding carboxylic acids is 1. The molecule has 39 heavy (non-hydrogen) atoms. The highest BCUT2D eigenvalue weighted by atomic mass is 35.5. The molecule has 1 heterocycles. The number of amides is 1. The molecule has 2 aromatic carbocycles. The largest absolute Gasteiger partial charge is 0.456 e. The average Bonchev–Trinajstić information content (AvgIpc) is 3.13. The molecule has 1 aliphatic heterocycles. The third-order valence-corrected chi connectivity index (χ3v) is 6.89. The summed E-state index contributed by atoms with van der Waals surface area (Å²) in [6.07, 6.45) is 3.19. The van der Waals surface area contributed by atoms with E-state index in [4.69, 9.17) is 22.1 Å². The molecule has 0 aromatic heterocycles. The van der Waals surface area contributed by atoms with Gasteiger partial charge in [-0.2, -0.15) is 13.2 Å². The Morgan fingerprint density at radius 2 is 1.92 bits per heavy atom. The van der Waals surface area contributed by atoms with Crippen molar-refractivity contribution in [3.8, 4) is 11.5 Å². The number of hydrogen-bond acceptors (Lipinski definition) is 5. The Bertz CT molecular complexity index is 1300. The molecule has 0 radical (unpaired) electrons. The maximum absolute atomic E-state index is 13.0. The lowest BCUT2D eigenvalue weighted by atomic mass is 9.95. The molecule has 1 aliphatic carbocycles. The second-order valence-corrected chi connectivity index (χ2v) is 9.84. The van der Waals surface area contributed by atoms with Gasteiger partial charge in [0.1, 0.15) is 23.2 Å². The number of ether oxygens (including phenoxy) is 1. The molecule has 0 saturated heterocycles. The standard InChI is InChI=1S/C28H31ClF3N5O2/c1-34-26-22(14-17(12-13-35-26)27(38)37-19-7-3-2-4-8-19)25(33)36-20-10-11-24(23(29)16-20)39-21-9-5-6-18(15-21)28(30,31)32/h5-6,9-11,14-16,19,34-35H,2-4,7-8,12-13H2,1H3,(H2,33,36)(H,37,38). The Morgan fingerprint density at radius 3 is 2.62 bits per heavy atom. The maximum atomic E-state index is 13.0. The number of nitrogens with zero attached hydrogens (tertiary/aromatic N) is 1. The van der Waals surface area contributed by atoms with E-state index in [2.05, 4.69) is 20.9 Å². The number of aliphatic imine (C=N–C) groups is 1. The third kappa shape index (κ3) is 7.47. The smallest absolute Gasteiger partial charge is 0.416 e. The summed E-state index contributed by atoms with van der Waals surface area (Å²) in [5, 5.41) is 9.61. The number of nitrogens with one attached hydrogen (secondary N) is 3. The first-order chi connectivity index (χ1) is 18.6. The molecule has 2 aliphatic rings. The zero-order valence-electron chi connectivity index (χ0n) is 21.5. The number of benzene rings is 2. The van der Waals surface area contributed by atoms with Gasteiger partial charge < -0.3 is 26.4 Å². The number of rotatable bonds is 7. The summed E-state index contributed by atoms with van der Waals surface area (Å²) >= 11 is 6.36. The molecule has 5 N–H and O–H groups in total. The maximum Gasteiger partial charge on any atom is 0.416 e. The van der Waals surface area contributed by atoms with E-state index in [1.807, 2.05) is 0 Å². The van der Waals surface area contributed by atoms with E-state index >= 15 is 0 Å². The van der Waals surface area contributed by atoms with Crippen molar-refractivity contribution in [1.82, 2.24) is 16.0 Å². The van der Waals surface area contributed by atoms with Crippen molar-refractivity contribution in [3.63, 3.8) is 0 Å². The molecule has 2 aromatic rings. The van der Waals surface area contributed by atoms with Gasteiger partial charge in [-0.05, 0) is 61.7 Å². The Kier molecular flexibility index (Phi) is 9.06. The van der Waals surface area contributed by atoms with E-state index in [0.29, 0.717) is 35.6 Å². The second-order valence-electron chi connectivity index (χ2n) is 9.43. The molecule has 1 fully saturated rings. The van der Waals surface area contributed by atoms with Gasteiger partial charge in [0.25, 0.3) is 0 Å². The number of nitrogens with two attached hydrogens (primary N) is 1. The SMILES string of the molecule is CNC1=C(C(N)=Nc2ccc(Oc3cccc(C(F)(F)F)c3)c(Cl)c2)C=C(C(=O)NC2CCCCC2)CCN1. The van der Waals surface area contributed by atoms with Crippen molar-refractivity contribution in [2.45, 2.75) is 50.7 Å². The van der Waals surface area contributed by atoms with E-state index in [9.17, 15) is 18.0 Å². The third-order valence-electron chi connectivity index (χ3n) is 6.60. The number of amidine groups is 1. The van der Waals surface area contributed by atoms with Crippen LogP contribution in [0.25, 0.3) is 0 Å². The van der Waals surface area contributed by atoms with E-state index in [0.717, 1.165) is 37.8 Å². The Morgan fingerprint density at radius 1 is 1.15 bits per heavy atom. The number of hydrogen-bond donors (Lipinski definition) is 4. The number of halogens is 4. The van der Waals surface area contributed by atoms with Crippen molar-refractivity contribution in [1.29, 1.82) is 0 Å². The fraction of sp³-hybridized carbons (Fsp3) is 0.357. The van der Waals surface area contributed by atoms with Gasteiger partial charge in [0, 0.05) is 25.2 Å². The van der Waals surface area contributed by atoms with Crippen molar-refractivity contribution in [2.24, 2.45) is 10.7 Å². The summed E-state index contributed by atoms with van der Waals surface area (Å²) in [5.41, 5.74) is 7.11. The quantitative estimate of drug-likeness (QED) is 0.248. The molecule has 0 atom stereocenters. The van der Waals surface area contributed by atoms with Gasteiger partial charge in [-0.25, -0.2) is 4.99 Å². The van der Waals surface area contributed by atoms with Crippen LogP contribution in [-0.2, 0) is 11.0 Å². The summed E-state index contributed by atoms with van der Waals surface area (Å²) in [7, 11) is 1.74. The predicted octanol–water partition coefficient (Wildman–Crippen LogP) is 5.94. The van der Waals surface area contributed by atoms with Gasteiger partial charge in [-0.3, -0.25) is 4.79 Å². The van der Waals surface area contributed by atoms with Crippen LogP contribution in [0.2, 0.25) is 5.02 Å². The summed E-state index contributed by atoms with van der Waals surface area (Å²) < 4.78 is 44.6. The number of carbonyl (C=O) groups is 1. The van der Waals surface area contributed by atoms with Crippen LogP contribution in [0.15, 0.2) is 70.5 Å². The number of alkyl halides is 3. The summed E-state index contributed by atoms with van der Waals surface area (Å²) in [6.45, 7) is 0.546.